The van der Waals surface area contributed by atoms with Crippen LogP contribution in [-0.2, 0) is 14.8 Å². The molecule has 2 N–H and O–H groups in total. The van der Waals surface area contributed by atoms with Crippen molar-refractivity contribution in [2.75, 3.05) is 52.3 Å². The van der Waals surface area contributed by atoms with Crippen LogP contribution >= 0.6 is 0 Å². The molecule has 0 atom stereocenters. The van der Waals surface area contributed by atoms with Crippen molar-refractivity contribution in [2.45, 2.75) is 11.8 Å². The molecule has 0 aliphatic heterocycles. The second kappa shape index (κ2) is 8.99. The van der Waals surface area contributed by atoms with E-state index in [-0.39, 0.29) is 4.90 Å². The van der Waals surface area contributed by atoms with E-state index in [1.807, 2.05) is 14.1 Å². The van der Waals surface area contributed by atoms with Gasteiger partial charge in [0.15, 0.2) is 0 Å². The van der Waals surface area contributed by atoms with Gasteiger partial charge in [0, 0.05) is 25.3 Å². The molecule has 0 radical (unpaired) electrons. The number of likely N-dealkylation sites (N-methyl/N-ethyl adjacent to an activating group) is 1. The molecular formula is C14H25N3O3S. The zero-order chi connectivity index (χ0) is 15.7. The second-order valence-corrected chi connectivity index (χ2v) is 6.64. The SMILES string of the molecule is CCNS(=O)(=O)c1ccc(NCCOCCN(C)C)cc1. The standard InChI is InChI=1S/C14H25N3O3S/c1-4-16-21(18,19)14-7-5-13(6-8-14)15-9-11-20-12-10-17(2)3/h5-8,15-16H,4,9-12H2,1-3H3. The maximum Gasteiger partial charge on any atom is 0.240 e. The summed E-state index contributed by atoms with van der Waals surface area (Å²) < 4.78 is 31.5. The molecule has 0 amide bonds. The highest BCUT2D eigenvalue weighted by molar-refractivity contribution is 7.89. The van der Waals surface area contributed by atoms with Gasteiger partial charge in [0.2, 0.25) is 10.0 Å². The van der Waals surface area contributed by atoms with Gasteiger partial charge in [-0.05, 0) is 38.4 Å². The number of anilines is 1. The summed E-state index contributed by atoms with van der Waals surface area (Å²) in [5, 5.41) is 3.19. The summed E-state index contributed by atoms with van der Waals surface area (Å²) in [5.41, 5.74) is 0.877. The van der Waals surface area contributed by atoms with Crippen LogP contribution in [0.5, 0.6) is 0 Å². The van der Waals surface area contributed by atoms with Gasteiger partial charge in [-0.3, -0.25) is 0 Å². The van der Waals surface area contributed by atoms with E-state index in [1.165, 1.54) is 0 Å². The summed E-state index contributed by atoms with van der Waals surface area (Å²) >= 11 is 0. The number of rotatable bonds is 10. The van der Waals surface area contributed by atoms with Crippen molar-refractivity contribution in [1.82, 2.24) is 9.62 Å². The predicted octanol–water partition coefficient (Wildman–Crippen LogP) is 0.975. The molecule has 21 heavy (non-hydrogen) atoms. The summed E-state index contributed by atoms with van der Waals surface area (Å²) in [6.07, 6.45) is 0. The molecule has 0 fully saturated rings. The van der Waals surface area contributed by atoms with E-state index < -0.39 is 10.0 Å². The van der Waals surface area contributed by atoms with Gasteiger partial charge in [-0.1, -0.05) is 6.92 Å². The largest absolute Gasteiger partial charge is 0.383 e. The molecule has 6 nitrogen and oxygen atoms in total. The van der Waals surface area contributed by atoms with Crippen LogP contribution in [0.2, 0.25) is 0 Å². The summed E-state index contributed by atoms with van der Waals surface area (Å²) in [6, 6.07) is 6.69. The van der Waals surface area contributed by atoms with Crippen molar-refractivity contribution in [3.8, 4) is 0 Å². The fourth-order valence-electron chi connectivity index (χ4n) is 1.64. The average molecular weight is 315 g/mol. The Labute approximate surface area is 127 Å². The molecular weight excluding hydrogens is 290 g/mol. The third-order valence-corrected chi connectivity index (χ3v) is 4.32. The number of nitrogens with zero attached hydrogens (tertiary/aromatic N) is 1. The Morgan fingerprint density at radius 2 is 1.81 bits per heavy atom. The fraction of sp³-hybridized carbons (Fsp3) is 0.571. The molecule has 1 aromatic rings. The zero-order valence-corrected chi connectivity index (χ0v) is 13.7. The average Bonchev–Trinajstić information content (AvgIpc) is 2.43. The van der Waals surface area contributed by atoms with Gasteiger partial charge in [0.05, 0.1) is 18.1 Å². The molecule has 7 heteroatoms. The van der Waals surface area contributed by atoms with E-state index in [4.69, 9.17) is 4.74 Å². The van der Waals surface area contributed by atoms with Gasteiger partial charge >= 0.3 is 0 Å². The Bertz CT molecular complexity index is 501. The minimum absolute atomic E-state index is 0.275. The van der Waals surface area contributed by atoms with E-state index in [2.05, 4.69) is 14.9 Å². The lowest BCUT2D eigenvalue weighted by molar-refractivity contribution is 0.126. The van der Waals surface area contributed by atoms with E-state index in [9.17, 15) is 8.42 Å². The quantitative estimate of drug-likeness (QED) is 0.630. The molecule has 0 aliphatic rings. The molecule has 0 aromatic heterocycles. The molecule has 0 spiro atoms. The Morgan fingerprint density at radius 1 is 1.14 bits per heavy atom. The lowest BCUT2D eigenvalue weighted by atomic mass is 10.3. The van der Waals surface area contributed by atoms with Crippen LogP contribution in [0.3, 0.4) is 0 Å². The molecule has 1 aromatic carbocycles. The van der Waals surface area contributed by atoms with E-state index >= 15 is 0 Å². The number of hydrogen-bond acceptors (Lipinski definition) is 5. The molecule has 0 saturated carbocycles. The Balaban J connectivity index is 2.35. The first-order chi connectivity index (χ1) is 9.95. The van der Waals surface area contributed by atoms with E-state index in [1.54, 1.807) is 31.2 Å². The van der Waals surface area contributed by atoms with Crippen molar-refractivity contribution < 1.29 is 13.2 Å². The van der Waals surface area contributed by atoms with Crippen LogP contribution in [0.25, 0.3) is 0 Å². The van der Waals surface area contributed by atoms with Crippen molar-refractivity contribution in [2.24, 2.45) is 0 Å². The molecule has 0 bridgehead atoms. The van der Waals surface area contributed by atoms with Gasteiger partial charge in [-0.2, -0.15) is 0 Å². The van der Waals surface area contributed by atoms with Crippen LogP contribution in [0, 0.1) is 0 Å². The molecule has 0 unspecified atom stereocenters. The first-order valence-corrected chi connectivity index (χ1v) is 8.50. The number of sulfonamides is 1. The van der Waals surface area contributed by atoms with E-state index in [0.29, 0.717) is 26.3 Å². The molecule has 0 saturated heterocycles. The summed E-state index contributed by atoms with van der Waals surface area (Å²) in [6.45, 7) is 5.04. The van der Waals surface area contributed by atoms with Crippen LogP contribution in [0.1, 0.15) is 6.92 Å². The van der Waals surface area contributed by atoms with Crippen LogP contribution in [-0.4, -0.2) is 60.3 Å². The molecule has 120 valence electrons. The number of hydrogen-bond donors (Lipinski definition) is 2. The van der Waals surface area contributed by atoms with Gasteiger partial charge < -0.3 is 15.0 Å². The van der Waals surface area contributed by atoms with Crippen LogP contribution in [0.4, 0.5) is 5.69 Å². The summed E-state index contributed by atoms with van der Waals surface area (Å²) in [5.74, 6) is 0. The van der Waals surface area contributed by atoms with Gasteiger partial charge in [0.1, 0.15) is 0 Å². The van der Waals surface area contributed by atoms with Crippen molar-refractivity contribution in [1.29, 1.82) is 0 Å². The monoisotopic (exact) mass is 315 g/mol. The number of ether oxygens (including phenoxy) is 1. The zero-order valence-electron chi connectivity index (χ0n) is 12.9. The first-order valence-electron chi connectivity index (χ1n) is 7.02. The molecule has 0 heterocycles. The third-order valence-electron chi connectivity index (χ3n) is 2.76. The topological polar surface area (TPSA) is 70.7 Å². The second-order valence-electron chi connectivity index (χ2n) is 4.87. The van der Waals surface area contributed by atoms with Gasteiger partial charge in [-0.25, -0.2) is 13.1 Å². The van der Waals surface area contributed by atoms with Crippen molar-refractivity contribution >= 4 is 15.7 Å². The molecule has 0 aliphatic carbocycles. The number of benzene rings is 1. The lowest BCUT2D eigenvalue weighted by Crippen LogP contribution is -2.23. The Morgan fingerprint density at radius 3 is 2.38 bits per heavy atom. The van der Waals surface area contributed by atoms with E-state index in [0.717, 1.165) is 12.2 Å². The van der Waals surface area contributed by atoms with Crippen LogP contribution in [0.15, 0.2) is 29.2 Å². The normalized spacial score (nSPS) is 11.8. The number of nitrogens with one attached hydrogen (secondary N) is 2. The Hall–Kier alpha value is -1.15. The highest BCUT2D eigenvalue weighted by Gasteiger charge is 2.11. The Kier molecular flexibility index (Phi) is 7.66. The van der Waals surface area contributed by atoms with Crippen molar-refractivity contribution in [3.05, 3.63) is 24.3 Å². The maximum atomic E-state index is 11.8. The van der Waals surface area contributed by atoms with Gasteiger partial charge in [0.25, 0.3) is 0 Å². The smallest absolute Gasteiger partial charge is 0.240 e. The maximum absolute atomic E-state index is 11.8. The van der Waals surface area contributed by atoms with Crippen molar-refractivity contribution in [3.63, 3.8) is 0 Å². The van der Waals surface area contributed by atoms with Gasteiger partial charge in [-0.15, -0.1) is 0 Å². The van der Waals surface area contributed by atoms with Crippen LogP contribution < -0.4 is 10.0 Å². The minimum Gasteiger partial charge on any atom is -0.383 e. The highest BCUT2D eigenvalue weighted by atomic mass is 32.2. The predicted molar refractivity (Wildman–Crippen MR) is 85.2 cm³/mol. The highest BCUT2D eigenvalue weighted by Crippen LogP contribution is 2.13. The minimum atomic E-state index is -3.37. The summed E-state index contributed by atoms with van der Waals surface area (Å²) in [7, 11) is 0.634. The summed E-state index contributed by atoms with van der Waals surface area (Å²) in [4.78, 5) is 2.34. The fourth-order valence-corrected chi connectivity index (χ4v) is 2.68. The first kappa shape index (κ1) is 17.9. The third kappa shape index (κ3) is 6.90. The molecule has 1 rings (SSSR count). The lowest BCUT2D eigenvalue weighted by Gasteiger charge is -2.11.